The number of nitrogens with one attached hydrogen (secondary N) is 2. The number of aliphatic hydroxyl groups excluding tert-OH is 3. The molecule has 2 aromatic heterocycles. The fourth-order valence-corrected chi connectivity index (χ4v) is 10.2. The molecule has 3 rings (SSSR count). The molecule has 1 fully saturated rings. The zero-order valence-corrected chi connectivity index (χ0v) is 40.7. The van der Waals surface area contributed by atoms with Crippen molar-refractivity contribution in [3.8, 4) is 0 Å². The molecule has 378 valence electrons. The summed E-state index contributed by atoms with van der Waals surface area (Å²) in [7, 11) is -14.9. The molecule has 3 heterocycles. The van der Waals surface area contributed by atoms with Crippen LogP contribution in [0.15, 0.2) is 12.7 Å². The Balaban J connectivity index is 1.37. The van der Waals surface area contributed by atoms with Crippen LogP contribution in [-0.4, -0.2) is 147 Å². The van der Waals surface area contributed by atoms with E-state index in [0.717, 1.165) is 48.2 Å². The second-order valence-corrected chi connectivity index (χ2v) is 21.5. The number of anilines is 1. The van der Waals surface area contributed by atoms with E-state index in [1.54, 1.807) is 7.11 Å². The number of hydrogen-bond donors (Lipinski definition) is 10. The van der Waals surface area contributed by atoms with Gasteiger partial charge in [-0.1, -0.05) is 77.5 Å². The molecule has 1 saturated heterocycles. The summed E-state index contributed by atoms with van der Waals surface area (Å²) in [4.78, 5) is 88.5. The lowest BCUT2D eigenvalue weighted by Crippen LogP contribution is -2.46. The first-order chi connectivity index (χ1) is 30.9. The number of thioether (sulfide) groups is 1. The lowest BCUT2D eigenvalue weighted by Gasteiger charge is -2.30. The molecule has 1 aliphatic heterocycles. The summed E-state index contributed by atoms with van der Waals surface area (Å²) in [5, 5.41) is 36.7. The zero-order valence-electron chi connectivity index (χ0n) is 37.2. The highest BCUT2D eigenvalue weighted by atomic mass is 32.2. The normalized spacial score (nSPS) is 21.2. The Labute approximate surface area is 385 Å². The topological polar surface area (TPSA) is 393 Å². The van der Waals surface area contributed by atoms with Crippen LogP contribution in [0, 0.1) is 5.41 Å². The third-order valence-corrected chi connectivity index (χ3v) is 14.2. The molecule has 9 atom stereocenters. The number of nitrogens with two attached hydrogens (primary N) is 1. The number of phosphoric ester groups is 3. The highest BCUT2D eigenvalue weighted by Crippen LogP contribution is 2.61. The molecular formula is C36H64N7O19P3S. The van der Waals surface area contributed by atoms with Crippen LogP contribution in [0.5, 0.6) is 0 Å². The van der Waals surface area contributed by atoms with Gasteiger partial charge in [0, 0.05) is 44.2 Å². The van der Waals surface area contributed by atoms with Crippen molar-refractivity contribution in [1.29, 1.82) is 0 Å². The molecule has 2 aromatic rings. The molecule has 30 heteroatoms. The maximum atomic E-state index is 12.7. The van der Waals surface area contributed by atoms with Crippen molar-refractivity contribution in [2.45, 2.75) is 134 Å². The predicted octanol–water partition coefficient (Wildman–Crippen LogP) is 1.96. The Morgan fingerprint density at radius 3 is 2.30 bits per heavy atom. The van der Waals surface area contributed by atoms with Crippen molar-refractivity contribution < 1.29 is 90.3 Å². The molecule has 66 heavy (non-hydrogen) atoms. The van der Waals surface area contributed by atoms with Crippen molar-refractivity contribution in [3.05, 3.63) is 12.7 Å². The summed E-state index contributed by atoms with van der Waals surface area (Å²) in [6, 6.07) is 0. The maximum absolute atomic E-state index is 12.7. The van der Waals surface area contributed by atoms with Gasteiger partial charge in [0.05, 0.1) is 31.7 Å². The summed E-state index contributed by atoms with van der Waals surface area (Å²) in [6.45, 7) is 2.52. The van der Waals surface area contributed by atoms with Crippen LogP contribution in [0.2, 0.25) is 0 Å². The Bertz CT molecular complexity index is 2010. The number of aromatic nitrogens is 4. The van der Waals surface area contributed by atoms with Crippen LogP contribution in [0.3, 0.4) is 0 Å². The van der Waals surface area contributed by atoms with Crippen LogP contribution in [0.4, 0.5) is 5.82 Å². The first-order valence-corrected chi connectivity index (χ1v) is 26.6. The molecule has 0 spiro atoms. The van der Waals surface area contributed by atoms with Gasteiger partial charge in [0.2, 0.25) is 11.8 Å². The number of rotatable bonds is 32. The molecule has 11 N–H and O–H groups in total. The summed E-state index contributed by atoms with van der Waals surface area (Å²) in [5.41, 5.74) is 4.24. The van der Waals surface area contributed by atoms with E-state index in [9.17, 15) is 63.0 Å². The lowest BCUT2D eigenvalue weighted by atomic mass is 9.87. The van der Waals surface area contributed by atoms with Crippen LogP contribution >= 0.6 is 35.2 Å². The molecule has 0 saturated carbocycles. The van der Waals surface area contributed by atoms with E-state index in [1.807, 2.05) is 0 Å². The van der Waals surface area contributed by atoms with Crippen LogP contribution < -0.4 is 16.4 Å². The summed E-state index contributed by atoms with van der Waals surface area (Å²) in [6.07, 6.45) is 1.22. The van der Waals surface area contributed by atoms with E-state index >= 15 is 0 Å². The number of fused-ring (bicyclic) bond motifs is 1. The largest absolute Gasteiger partial charge is 0.481 e. The smallest absolute Gasteiger partial charge is 0.393 e. The first-order valence-electron chi connectivity index (χ1n) is 21.1. The highest BCUT2D eigenvalue weighted by Gasteiger charge is 2.50. The third kappa shape index (κ3) is 19.8. The van der Waals surface area contributed by atoms with Gasteiger partial charge in [-0.05, 0) is 12.8 Å². The fraction of sp³-hybridized carbons (Fsp3) is 0.778. The van der Waals surface area contributed by atoms with Crippen molar-refractivity contribution in [2.24, 2.45) is 5.41 Å². The van der Waals surface area contributed by atoms with Gasteiger partial charge >= 0.3 is 23.5 Å². The number of ether oxygens (including phenoxy) is 2. The Kier molecular flexibility index (Phi) is 23.7. The average molecular weight is 1020 g/mol. The van der Waals surface area contributed by atoms with Crippen molar-refractivity contribution >= 4 is 69.1 Å². The van der Waals surface area contributed by atoms with E-state index in [4.69, 9.17) is 24.3 Å². The maximum Gasteiger partial charge on any atom is 0.481 e. The minimum absolute atomic E-state index is 0.0255. The van der Waals surface area contributed by atoms with Crippen molar-refractivity contribution in [2.75, 3.05) is 44.9 Å². The third-order valence-electron chi connectivity index (χ3n) is 10.2. The monoisotopic (exact) mass is 1020 g/mol. The van der Waals surface area contributed by atoms with E-state index in [2.05, 4.69) is 41.3 Å². The van der Waals surface area contributed by atoms with E-state index < -0.39 is 90.7 Å². The Morgan fingerprint density at radius 2 is 1.64 bits per heavy atom. The number of nitrogens with zero attached hydrogens (tertiary/aromatic N) is 4. The van der Waals surface area contributed by atoms with Crippen LogP contribution in [-0.2, 0) is 55.4 Å². The number of nitrogen functional groups attached to an aromatic ring is 1. The fourth-order valence-electron chi connectivity index (χ4n) is 6.59. The van der Waals surface area contributed by atoms with Gasteiger partial charge in [-0.15, -0.1) is 0 Å². The molecule has 0 aliphatic carbocycles. The first kappa shape index (κ1) is 57.8. The number of aliphatic hydroxyl groups is 3. The molecule has 0 bridgehead atoms. The van der Waals surface area contributed by atoms with Crippen molar-refractivity contribution in [1.82, 2.24) is 30.2 Å². The summed E-state index contributed by atoms with van der Waals surface area (Å²) >= 11 is 0.963. The van der Waals surface area contributed by atoms with Gasteiger partial charge in [-0.25, -0.2) is 28.6 Å². The van der Waals surface area contributed by atoms with E-state index in [0.29, 0.717) is 6.42 Å². The number of methoxy groups -OCH3 is 1. The summed E-state index contributed by atoms with van der Waals surface area (Å²) in [5.74, 6) is -1.28. The highest BCUT2D eigenvalue weighted by molar-refractivity contribution is 8.13. The average Bonchev–Trinajstić information content (AvgIpc) is 3.79. The molecule has 0 radical (unpaired) electrons. The number of imidazole rings is 1. The minimum atomic E-state index is -5.59. The molecule has 1 aliphatic rings. The Hall–Kier alpha value is -2.52. The standard InChI is InChI=1S/C36H64N7O19P3S/c1-5-6-7-8-9-10-11-12-24(57-4)17-23(44)18-27(46)66-16-15-38-26(45)13-14-39-34(49)31(48)36(2,3)20-59-65(55,56)62-64(53,54)58-19-25-30(61-63(50,51)52)29(47)35(60-25)43-22-42-28-32(37)40-21-41-33(28)43/h21-25,29-31,35,44,47-48H,5-20H2,1-4H3,(H,38,45)(H,39,49)(H,53,54)(H,55,56)(H2,37,40,41)(H2,50,51,52)/t23?,24?,25-,29-,30-,31+,35-/m1/s1. The minimum Gasteiger partial charge on any atom is -0.393 e. The zero-order chi connectivity index (χ0) is 49.3. The molecular weight excluding hydrogens is 959 g/mol. The predicted molar refractivity (Wildman–Crippen MR) is 236 cm³/mol. The quantitative estimate of drug-likeness (QED) is 0.0370. The number of phosphoric acid groups is 3. The number of amides is 2. The SMILES string of the molecule is CCCCCCCCCC(CC(O)CC(=O)SCCNC(=O)CCNC(=O)[C@H](O)C(C)(C)COP(=O)(O)OP(=O)(O)OC[C@H]1O[C@@H](n2cnc3c(N)ncnc32)[C@H](O)[C@@H]1OP(=O)(O)O)OC. The second-order valence-electron chi connectivity index (χ2n) is 16.2. The second kappa shape index (κ2) is 27.0. The van der Waals surface area contributed by atoms with Gasteiger partial charge in [-0.2, -0.15) is 4.31 Å². The Morgan fingerprint density at radius 1 is 0.970 bits per heavy atom. The number of unbranched alkanes of at least 4 members (excludes halogenated alkanes) is 6. The van der Waals surface area contributed by atoms with Crippen LogP contribution in [0.1, 0.15) is 97.6 Å². The van der Waals surface area contributed by atoms with Gasteiger partial charge in [0.1, 0.15) is 36.3 Å². The lowest BCUT2D eigenvalue weighted by molar-refractivity contribution is -0.137. The van der Waals surface area contributed by atoms with Gasteiger partial charge < -0.3 is 60.7 Å². The molecule has 26 nitrogen and oxygen atoms in total. The van der Waals surface area contributed by atoms with Crippen LogP contribution in [0.25, 0.3) is 11.2 Å². The van der Waals surface area contributed by atoms with Gasteiger partial charge in [0.25, 0.3) is 0 Å². The summed E-state index contributed by atoms with van der Waals surface area (Å²) < 4.78 is 67.9. The number of hydrogen-bond acceptors (Lipinski definition) is 20. The van der Waals surface area contributed by atoms with Gasteiger partial charge in [-0.3, -0.25) is 32.5 Å². The number of carbonyl (C=O) groups is 3. The molecule has 0 aromatic carbocycles. The van der Waals surface area contributed by atoms with E-state index in [1.165, 1.54) is 46.0 Å². The molecule has 2 amide bonds. The van der Waals surface area contributed by atoms with Gasteiger partial charge in [0.15, 0.2) is 22.8 Å². The molecule has 4 unspecified atom stereocenters. The van der Waals surface area contributed by atoms with E-state index in [-0.39, 0.29) is 59.9 Å². The van der Waals surface area contributed by atoms with Crippen molar-refractivity contribution in [3.63, 3.8) is 0 Å². The number of carbonyl (C=O) groups excluding carboxylic acids is 3.